The second kappa shape index (κ2) is 16.9. The Morgan fingerprint density at radius 3 is 1.17 bits per heavy atom. The molecule has 3 nitrogen and oxygen atoms in total. The van der Waals surface area contributed by atoms with E-state index in [1.54, 1.807) is 0 Å². The van der Waals surface area contributed by atoms with Crippen LogP contribution in [0.4, 0.5) is 0 Å². The molecule has 0 aliphatic heterocycles. The highest BCUT2D eigenvalue weighted by Crippen LogP contribution is 2.31. The van der Waals surface area contributed by atoms with E-state index < -0.39 is 0 Å². The predicted molar refractivity (Wildman–Crippen MR) is 152 cm³/mol. The smallest absolute Gasteiger partial charge is 0.0628 e. The molecular weight excluding hydrogens is 428 g/mol. The fraction of sp³-hybridized carbons (Fsp3) is 0.625. The van der Waals surface area contributed by atoms with E-state index in [2.05, 4.69) is 112 Å². The summed E-state index contributed by atoms with van der Waals surface area (Å²) < 4.78 is 6.74. The van der Waals surface area contributed by atoms with Gasteiger partial charge >= 0.3 is 0 Å². The summed E-state index contributed by atoms with van der Waals surface area (Å²) in [6.45, 7) is 19.6. The molecule has 0 fully saturated rings. The summed E-state index contributed by atoms with van der Waals surface area (Å²) in [5, 5.41) is 0. The van der Waals surface area contributed by atoms with Gasteiger partial charge in [-0.25, -0.2) is 0 Å². The number of hydrogen-bond donors (Lipinski definition) is 0. The molecule has 0 saturated carbocycles. The van der Waals surface area contributed by atoms with Crippen molar-refractivity contribution in [3.63, 3.8) is 0 Å². The first-order chi connectivity index (χ1) is 17.1. The highest BCUT2D eigenvalue weighted by molar-refractivity contribution is 5.22. The second-order valence-electron chi connectivity index (χ2n) is 9.73. The van der Waals surface area contributed by atoms with Crippen molar-refractivity contribution < 1.29 is 4.74 Å². The van der Waals surface area contributed by atoms with Crippen molar-refractivity contribution in [1.82, 2.24) is 9.80 Å². The van der Waals surface area contributed by atoms with Crippen molar-refractivity contribution in [2.75, 3.05) is 39.4 Å². The first-order valence-corrected chi connectivity index (χ1v) is 14.3. The van der Waals surface area contributed by atoms with E-state index in [9.17, 15) is 0 Å². The quantitative estimate of drug-likeness (QED) is 0.218. The third kappa shape index (κ3) is 8.74. The largest absolute Gasteiger partial charge is 0.378 e. The van der Waals surface area contributed by atoms with E-state index in [-0.39, 0.29) is 0 Å². The molecule has 2 aromatic carbocycles. The molecule has 0 saturated heterocycles. The van der Waals surface area contributed by atoms with Crippen molar-refractivity contribution in [1.29, 1.82) is 0 Å². The molecule has 4 unspecified atom stereocenters. The molecule has 2 rings (SSSR count). The zero-order valence-corrected chi connectivity index (χ0v) is 23.5. The van der Waals surface area contributed by atoms with Gasteiger partial charge in [0, 0.05) is 23.9 Å². The minimum Gasteiger partial charge on any atom is -0.378 e. The minimum atomic E-state index is 0.394. The summed E-state index contributed by atoms with van der Waals surface area (Å²) in [7, 11) is 0. The third-order valence-corrected chi connectivity index (χ3v) is 7.72. The van der Waals surface area contributed by atoms with Gasteiger partial charge in [0.15, 0.2) is 0 Å². The molecule has 0 aromatic heterocycles. The molecule has 35 heavy (non-hydrogen) atoms. The van der Waals surface area contributed by atoms with Crippen LogP contribution >= 0.6 is 0 Å². The summed E-state index contributed by atoms with van der Waals surface area (Å²) in [6, 6.07) is 23.0. The van der Waals surface area contributed by atoms with E-state index >= 15 is 0 Å². The molecule has 0 heterocycles. The number of ether oxygens (including phenoxy) is 1. The van der Waals surface area contributed by atoms with Crippen LogP contribution < -0.4 is 0 Å². The Morgan fingerprint density at radius 2 is 0.886 bits per heavy atom. The molecule has 196 valence electrons. The normalized spacial score (nSPS) is 15.3. The first kappa shape index (κ1) is 29.5. The van der Waals surface area contributed by atoms with Gasteiger partial charge in [-0.15, -0.1) is 0 Å². The van der Waals surface area contributed by atoms with Crippen LogP contribution in [0.15, 0.2) is 60.7 Å². The summed E-state index contributed by atoms with van der Waals surface area (Å²) in [4.78, 5) is 5.22. The molecule has 0 bridgehead atoms. The Bertz CT molecular complexity index is 692. The number of nitrogens with zero attached hydrogens (tertiary/aromatic N) is 2. The average molecular weight is 481 g/mol. The molecule has 0 aliphatic carbocycles. The standard InChI is InChI=1S/C32H52N2O/c1-7-19-29(27-21-15-13-16-22-27)31(33(9-3)10-4)25-35-26-32(34(11-5)12-6)30(20-8-2)28-23-17-14-18-24-28/h13-18,21-24,29-32H,7-12,19-20,25-26H2,1-6H3. The zero-order chi connectivity index (χ0) is 25.5. The highest BCUT2D eigenvalue weighted by atomic mass is 16.5. The second-order valence-corrected chi connectivity index (χ2v) is 9.73. The molecule has 2 aromatic rings. The summed E-state index contributed by atoms with van der Waals surface area (Å²) >= 11 is 0. The van der Waals surface area contributed by atoms with Crippen molar-refractivity contribution >= 4 is 0 Å². The van der Waals surface area contributed by atoms with Crippen LogP contribution in [0.2, 0.25) is 0 Å². The van der Waals surface area contributed by atoms with Crippen LogP contribution in [0.25, 0.3) is 0 Å². The third-order valence-electron chi connectivity index (χ3n) is 7.72. The van der Waals surface area contributed by atoms with Crippen molar-refractivity contribution in [2.45, 2.75) is 91.1 Å². The highest BCUT2D eigenvalue weighted by Gasteiger charge is 2.30. The molecule has 4 atom stereocenters. The molecule has 0 aliphatic rings. The van der Waals surface area contributed by atoms with Gasteiger partial charge in [-0.05, 0) is 50.1 Å². The lowest BCUT2D eigenvalue weighted by Gasteiger charge is -2.39. The molecule has 0 N–H and O–H groups in total. The monoisotopic (exact) mass is 480 g/mol. The van der Waals surface area contributed by atoms with Crippen LogP contribution in [0.1, 0.15) is 90.2 Å². The van der Waals surface area contributed by atoms with E-state index in [0.717, 1.165) is 39.4 Å². The Kier molecular flexibility index (Phi) is 14.3. The summed E-state index contributed by atoms with van der Waals surface area (Å²) in [6.07, 6.45) is 4.75. The van der Waals surface area contributed by atoms with Crippen molar-refractivity contribution in [3.05, 3.63) is 71.8 Å². The molecule has 0 spiro atoms. The van der Waals surface area contributed by atoms with Crippen molar-refractivity contribution in [2.24, 2.45) is 0 Å². The molecule has 3 heteroatoms. The average Bonchev–Trinajstić information content (AvgIpc) is 2.91. The predicted octanol–water partition coefficient (Wildman–Crippen LogP) is 7.59. The zero-order valence-electron chi connectivity index (χ0n) is 23.5. The lowest BCUT2D eigenvalue weighted by atomic mass is 9.86. The van der Waals surface area contributed by atoms with Crippen molar-refractivity contribution in [3.8, 4) is 0 Å². The SMILES string of the molecule is CCCC(c1ccccc1)C(COCC(C(CCC)c1ccccc1)N(CC)CC)N(CC)CC. The number of likely N-dealkylation sites (N-methyl/N-ethyl adjacent to an activating group) is 2. The lowest BCUT2D eigenvalue weighted by Crippen LogP contribution is -2.46. The maximum atomic E-state index is 6.74. The van der Waals surface area contributed by atoms with Gasteiger partial charge in [-0.2, -0.15) is 0 Å². The Balaban J connectivity index is 2.27. The Hall–Kier alpha value is -1.68. The van der Waals surface area contributed by atoms with Gasteiger partial charge in [0.05, 0.1) is 13.2 Å². The first-order valence-electron chi connectivity index (χ1n) is 14.3. The fourth-order valence-electron chi connectivity index (χ4n) is 5.83. The van der Waals surface area contributed by atoms with Gasteiger partial charge in [-0.1, -0.05) is 115 Å². The number of rotatable bonds is 18. The number of hydrogen-bond acceptors (Lipinski definition) is 3. The van der Waals surface area contributed by atoms with Gasteiger partial charge < -0.3 is 4.74 Å². The van der Waals surface area contributed by atoms with Crippen LogP contribution in [-0.4, -0.2) is 61.3 Å². The molecule has 0 radical (unpaired) electrons. The molecule has 0 amide bonds. The van der Waals surface area contributed by atoms with E-state index in [1.807, 2.05) is 0 Å². The molecular formula is C32H52N2O. The van der Waals surface area contributed by atoms with Gasteiger partial charge in [0.25, 0.3) is 0 Å². The van der Waals surface area contributed by atoms with Crippen LogP contribution in [0.5, 0.6) is 0 Å². The van der Waals surface area contributed by atoms with E-state index in [4.69, 9.17) is 4.74 Å². The summed E-state index contributed by atoms with van der Waals surface area (Å²) in [5.41, 5.74) is 2.89. The topological polar surface area (TPSA) is 15.7 Å². The van der Waals surface area contributed by atoms with E-state index in [1.165, 1.54) is 36.8 Å². The fourth-order valence-corrected chi connectivity index (χ4v) is 5.83. The summed E-state index contributed by atoms with van der Waals surface area (Å²) in [5.74, 6) is 0.988. The Labute approximate surface area is 216 Å². The Morgan fingerprint density at radius 1 is 0.543 bits per heavy atom. The van der Waals surface area contributed by atoms with Gasteiger partial charge in [0.1, 0.15) is 0 Å². The number of benzene rings is 2. The maximum Gasteiger partial charge on any atom is 0.0628 e. The van der Waals surface area contributed by atoms with Gasteiger partial charge in [-0.3, -0.25) is 9.80 Å². The van der Waals surface area contributed by atoms with Gasteiger partial charge in [0.2, 0.25) is 0 Å². The van der Waals surface area contributed by atoms with E-state index in [0.29, 0.717) is 23.9 Å². The van der Waals surface area contributed by atoms with Crippen LogP contribution in [0.3, 0.4) is 0 Å². The minimum absolute atomic E-state index is 0.394. The maximum absolute atomic E-state index is 6.74. The van der Waals surface area contributed by atoms with Crippen LogP contribution in [0, 0.1) is 0 Å². The van der Waals surface area contributed by atoms with Crippen LogP contribution in [-0.2, 0) is 4.74 Å². The lowest BCUT2D eigenvalue weighted by molar-refractivity contribution is 0.00960.